The third kappa shape index (κ3) is 5.79. The van der Waals surface area contributed by atoms with Crippen LogP contribution in [0.15, 0.2) is 36.9 Å². The maximum atomic E-state index is 5.48. The summed E-state index contributed by atoms with van der Waals surface area (Å²) in [4.78, 5) is 0. The Morgan fingerprint density at radius 1 is 1.10 bits per heavy atom. The Hall–Kier alpha value is -1.28. The van der Waals surface area contributed by atoms with Crippen molar-refractivity contribution in [3.63, 3.8) is 0 Å². The van der Waals surface area contributed by atoms with Crippen LogP contribution in [0.25, 0.3) is 0 Å². The first kappa shape index (κ1) is 16.8. The van der Waals surface area contributed by atoms with Gasteiger partial charge in [0, 0.05) is 6.54 Å². The molecule has 0 bridgehead atoms. The highest BCUT2D eigenvalue weighted by molar-refractivity contribution is 5.27. The molecule has 0 atom stereocenters. The molecule has 0 aliphatic rings. The highest BCUT2D eigenvalue weighted by Gasteiger charge is 2.16. The molecule has 1 rings (SSSR count). The minimum Gasteiger partial charge on any atom is -0.490 e. The lowest BCUT2D eigenvalue weighted by Gasteiger charge is -2.25. The van der Waals surface area contributed by atoms with E-state index in [4.69, 9.17) is 4.74 Å². The van der Waals surface area contributed by atoms with Gasteiger partial charge in [-0.15, -0.1) is 0 Å². The van der Waals surface area contributed by atoms with Crippen LogP contribution in [0.2, 0.25) is 0 Å². The van der Waals surface area contributed by atoms with Crippen LogP contribution in [-0.4, -0.2) is 13.2 Å². The van der Waals surface area contributed by atoms with E-state index in [-0.39, 0.29) is 0 Å². The van der Waals surface area contributed by atoms with E-state index in [1.165, 1.54) is 5.56 Å². The quantitative estimate of drug-likeness (QED) is 0.680. The van der Waals surface area contributed by atoms with Crippen LogP contribution in [0.4, 0.5) is 0 Å². The molecule has 2 heteroatoms. The molecule has 0 amide bonds. The van der Waals surface area contributed by atoms with Crippen molar-refractivity contribution < 1.29 is 4.74 Å². The second kappa shape index (κ2) is 8.80. The predicted molar refractivity (Wildman–Crippen MR) is 87.0 cm³/mol. The average molecular weight is 275 g/mol. The van der Waals surface area contributed by atoms with E-state index in [1.54, 1.807) is 6.08 Å². The van der Waals surface area contributed by atoms with Crippen molar-refractivity contribution in [2.75, 3.05) is 13.2 Å². The van der Waals surface area contributed by atoms with Gasteiger partial charge in [-0.1, -0.05) is 52.5 Å². The molecule has 0 aliphatic heterocycles. The number of hydrogen-bond donors (Lipinski definition) is 1. The highest BCUT2D eigenvalue weighted by atomic mass is 16.5. The zero-order valence-corrected chi connectivity index (χ0v) is 13.4. The molecule has 2 nitrogen and oxygen atoms in total. The van der Waals surface area contributed by atoms with Crippen LogP contribution in [0.3, 0.4) is 0 Å². The van der Waals surface area contributed by atoms with Gasteiger partial charge in [-0.25, -0.2) is 0 Å². The molecule has 0 saturated heterocycles. The number of hydrogen-bond acceptors (Lipinski definition) is 2. The fraction of sp³-hybridized carbons (Fsp3) is 0.556. The number of rotatable bonds is 9. The van der Waals surface area contributed by atoms with Gasteiger partial charge in [-0.2, -0.15) is 0 Å². The molecule has 0 heterocycles. The van der Waals surface area contributed by atoms with E-state index in [2.05, 4.69) is 51.7 Å². The van der Waals surface area contributed by atoms with Crippen LogP contribution >= 0.6 is 0 Å². The second-order valence-electron chi connectivity index (χ2n) is 6.03. The SMILES string of the molecule is C=CCOc1ccc(CNCC(C(C)C)C(C)C)cc1. The topological polar surface area (TPSA) is 21.3 Å². The lowest BCUT2D eigenvalue weighted by molar-refractivity contribution is 0.275. The van der Waals surface area contributed by atoms with Crippen molar-refractivity contribution >= 4 is 0 Å². The van der Waals surface area contributed by atoms with E-state index >= 15 is 0 Å². The minimum atomic E-state index is 0.558. The van der Waals surface area contributed by atoms with Gasteiger partial charge in [0.1, 0.15) is 12.4 Å². The molecule has 0 aromatic heterocycles. The Labute approximate surface area is 124 Å². The zero-order valence-electron chi connectivity index (χ0n) is 13.4. The van der Waals surface area contributed by atoms with Gasteiger partial charge in [0.25, 0.3) is 0 Å². The molecule has 0 radical (unpaired) electrons. The summed E-state index contributed by atoms with van der Waals surface area (Å²) < 4.78 is 5.48. The molecule has 0 saturated carbocycles. The monoisotopic (exact) mass is 275 g/mol. The van der Waals surface area contributed by atoms with Crippen molar-refractivity contribution in [2.45, 2.75) is 34.2 Å². The average Bonchev–Trinajstić information content (AvgIpc) is 2.41. The van der Waals surface area contributed by atoms with Gasteiger partial charge >= 0.3 is 0 Å². The first-order valence-corrected chi connectivity index (χ1v) is 7.58. The number of benzene rings is 1. The van der Waals surface area contributed by atoms with Gasteiger partial charge in [0.05, 0.1) is 0 Å². The van der Waals surface area contributed by atoms with Gasteiger partial charge in [-0.3, -0.25) is 0 Å². The smallest absolute Gasteiger partial charge is 0.119 e. The standard InChI is InChI=1S/C18H29NO/c1-6-11-20-17-9-7-16(8-10-17)12-19-13-18(14(2)3)15(4)5/h6-10,14-15,18-19H,1,11-13H2,2-5H3. The van der Waals surface area contributed by atoms with Crippen molar-refractivity contribution in [2.24, 2.45) is 17.8 Å². The number of ether oxygens (including phenoxy) is 1. The Kier molecular flexibility index (Phi) is 7.38. The third-order valence-corrected chi connectivity index (χ3v) is 3.71. The fourth-order valence-electron chi connectivity index (χ4n) is 2.48. The molecule has 1 aromatic carbocycles. The number of nitrogens with one attached hydrogen (secondary N) is 1. The molecule has 20 heavy (non-hydrogen) atoms. The Balaban J connectivity index is 2.39. The summed E-state index contributed by atoms with van der Waals surface area (Å²) in [6.07, 6.45) is 1.76. The van der Waals surface area contributed by atoms with Crippen LogP contribution in [-0.2, 0) is 6.54 Å². The minimum absolute atomic E-state index is 0.558. The van der Waals surface area contributed by atoms with Gasteiger partial charge in [0.15, 0.2) is 0 Å². The van der Waals surface area contributed by atoms with E-state index in [9.17, 15) is 0 Å². The van der Waals surface area contributed by atoms with E-state index in [1.807, 2.05) is 12.1 Å². The van der Waals surface area contributed by atoms with Crippen molar-refractivity contribution in [1.82, 2.24) is 5.32 Å². The molecule has 1 N–H and O–H groups in total. The molecule has 0 spiro atoms. The lowest BCUT2D eigenvalue weighted by atomic mass is 9.85. The molecule has 0 unspecified atom stereocenters. The van der Waals surface area contributed by atoms with Gasteiger partial charge in [-0.05, 0) is 42.0 Å². The van der Waals surface area contributed by atoms with Gasteiger partial charge in [0.2, 0.25) is 0 Å². The molecular formula is C18H29NO. The van der Waals surface area contributed by atoms with Crippen LogP contribution < -0.4 is 10.1 Å². The van der Waals surface area contributed by atoms with Crippen LogP contribution in [0, 0.1) is 17.8 Å². The van der Waals surface area contributed by atoms with E-state index in [0.29, 0.717) is 6.61 Å². The largest absolute Gasteiger partial charge is 0.490 e. The maximum Gasteiger partial charge on any atom is 0.119 e. The predicted octanol–water partition coefficient (Wildman–Crippen LogP) is 4.27. The third-order valence-electron chi connectivity index (χ3n) is 3.71. The Bertz CT molecular complexity index is 373. The van der Waals surface area contributed by atoms with E-state index in [0.717, 1.165) is 36.6 Å². The summed E-state index contributed by atoms with van der Waals surface area (Å²) in [7, 11) is 0. The van der Waals surface area contributed by atoms with Crippen molar-refractivity contribution in [3.8, 4) is 5.75 Å². The molecular weight excluding hydrogens is 246 g/mol. The van der Waals surface area contributed by atoms with Crippen molar-refractivity contribution in [1.29, 1.82) is 0 Å². The summed E-state index contributed by atoms with van der Waals surface area (Å²) in [5.41, 5.74) is 1.29. The summed E-state index contributed by atoms with van der Waals surface area (Å²) in [5.74, 6) is 3.07. The lowest BCUT2D eigenvalue weighted by Crippen LogP contribution is -2.29. The van der Waals surface area contributed by atoms with Crippen LogP contribution in [0.1, 0.15) is 33.3 Å². The second-order valence-corrected chi connectivity index (χ2v) is 6.03. The molecule has 112 valence electrons. The molecule has 0 aliphatic carbocycles. The zero-order chi connectivity index (χ0) is 15.0. The summed E-state index contributed by atoms with van der Waals surface area (Å²) in [6, 6.07) is 8.27. The molecule has 1 aromatic rings. The maximum absolute atomic E-state index is 5.48. The molecule has 0 fully saturated rings. The normalized spacial score (nSPS) is 11.3. The highest BCUT2D eigenvalue weighted by Crippen LogP contribution is 2.19. The van der Waals surface area contributed by atoms with Crippen LogP contribution in [0.5, 0.6) is 5.75 Å². The Morgan fingerprint density at radius 3 is 2.20 bits per heavy atom. The summed E-state index contributed by atoms with van der Waals surface area (Å²) in [6.45, 7) is 15.4. The summed E-state index contributed by atoms with van der Waals surface area (Å²) >= 11 is 0. The van der Waals surface area contributed by atoms with E-state index < -0.39 is 0 Å². The fourth-order valence-corrected chi connectivity index (χ4v) is 2.48. The van der Waals surface area contributed by atoms with Gasteiger partial charge < -0.3 is 10.1 Å². The first-order valence-electron chi connectivity index (χ1n) is 7.58. The first-order chi connectivity index (χ1) is 9.54. The summed E-state index contributed by atoms with van der Waals surface area (Å²) in [5, 5.41) is 3.57. The van der Waals surface area contributed by atoms with Crippen molar-refractivity contribution in [3.05, 3.63) is 42.5 Å². The Morgan fingerprint density at radius 2 is 1.70 bits per heavy atom.